The average Bonchev–Trinajstić information content (AvgIpc) is 3.11. The molecule has 0 unspecified atom stereocenters. The number of benzene rings is 2. The van der Waals surface area contributed by atoms with Crippen molar-refractivity contribution >= 4 is 11.3 Å². The molecule has 29 heavy (non-hydrogen) atoms. The lowest BCUT2D eigenvalue weighted by Crippen LogP contribution is -2.28. The van der Waals surface area contributed by atoms with Crippen molar-refractivity contribution in [1.29, 1.82) is 0 Å². The van der Waals surface area contributed by atoms with Gasteiger partial charge in [0.2, 0.25) is 0 Å². The van der Waals surface area contributed by atoms with Crippen molar-refractivity contribution in [3.8, 4) is 17.0 Å². The van der Waals surface area contributed by atoms with E-state index in [-0.39, 0.29) is 12.0 Å². The Balaban J connectivity index is 1.50. The molecule has 0 atom stereocenters. The van der Waals surface area contributed by atoms with Crippen molar-refractivity contribution < 1.29 is 9.84 Å². The smallest absolute Gasteiger partial charge is 0.153 e. The first kappa shape index (κ1) is 17.6. The zero-order valence-corrected chi connectivity index (χ0v) is 15.8. The van der Waals surface area contributed by atoms with Gasteiger partial charge in [-0.3, -0.25) is 0 Å². The minimum absolute atomic E-state index is 0.165. The average molecular weight is 387 g/mol. The van der Waals surface area contributed by atoms with Crippen molar-refractivity contribution in [2.45, 2.75) is 31.5 Å². The van der Waals surface area contributed by atoms with Gasteiger partial charge in [0.1, 0.15) is 35.7 Å². The summed E-state index contributed by atoms with van der Waals surface area (Å²) >= 11 is 0. The van der Waals surface area contributed by atoms with E-state index in [2.05, 4.69) is 10.1 Å². The lowest BCUT2D eigenvalue weighted by molar-refractivity contribution is 0.0711. The van der Waals surface area contributed by atoms with Crippen LogP contribution in [0.4, 0.5) is 5.82 Å². The minimum Gasteiger partial charge on any atom is -0.489 e. The van der Waals surface area contributed by atoms with Crippen LogP contribution in [0.5, 0.6) is 5.75 Å². The predicted molar refractivity (Wildman–Crippen MR) is 109 cm³/mol. The van der Waals surface area contributed by atoms with Crippen molar-refractivity contribution in [3.05, 3.63) is 72.3 Å². The van der Waals surface area contributed by atoms with Crippen LogP contribution in [0.2, 0.25) is 0 Å². The summed E-state index contributed by atoms with van der Waals surface area (Å²) in [7, 11) is 0. The quantitative estimate of drug-likeness (QED) is 0.546. The number of aliphatic hydroxyl groups is 1. The Kier molecular flexibility index (Phi) is 4.37. The van der Waals surface area contributed by atoms with Crippen LogP contribution in [0.1, 0.15) is 30.1 Å². The predicted octanol–water partition coefficient (Wildman–Crippen LogP) is 3.19. The van der Waals surface area contributed by atoms with Crippen molar-refractivity contribution in [2.24, 2.45) is 0 Å². The van der Waals surface area contributed by atoms with Crippen LogP contribution in [-0.2, 0) is 6.61 Å². The SMILES string of the molecule is Nc1ncnn2c(C3CC(O)C3)nc(-c3cccc(OCc4ccccc4)c3)c12. The maximum Gasteiger partial charge on any atom is 0.153 e. The highest BCUT2D eigenvalue weighted by Gasteiger charge is 2.33. The molecule has 7 nitrogen and oxygen atoms in total. The first-order valence-electron chi connectivity index (χ1n) is 9.63. The number of nitrogens with two attached hydrogens (primary N) is 1. The van der Waals surface area contributed by atoms with Crippen LogP contribution in [0.3, 0.4) is 0 Å². The summed E-state index contributed by atoms with van der Waals surface area (Å²) in [4.78, 5) is 9.00. The van der Waals surface area contributed by atoms with E-state index in [1.54, 1.807) is 4.52 Å². The summed E-state index contributed by atoms with van der Waals surface area (Å²) in [6.07, 6.45) is 2.53. The second kappa shape index (κ2) is 7.18. The van der Waals surface area contributed by atoms with E-state index in [0.29, 0.717) is 30.8 Å². The molecule has 3 N–H and O–H groups in total. The summed E-state index contributed by atoms with van der Waals surface area (Å²) in [5.41, 5.74) is 9.58. The fourth-order valence-electron chi connectivity index (χ4n) is 3.72. The number of aliphatic hydroxyl groups excluding tert-OH is 1. The Labute approximate surface area is 167 Å². The van der Waals surface area contributed by atoms with Crippen LogP contribution >= 0.6 is 0 Å². The molecule has 4 aromatic rings. The van der Waals surface area contributed by atoms with Gasteiger partial charge >= 0.3 is 0 Å². The van der Waals surface area contributed by atoms with Crippen molar-refractivity contribution in [1.82, 2.24) is 19.6 Å². The third-order valence-electron chi connectivity index (χ3n) is 5.32. The van der Waals surface area contributed by atoms with E-state index < -0.39 is 0 Å². The van der Waals surface area contributed by atoms with E-state index in [4.69, 9.17) is 15.5 Å². The number of rotatable bonds is 5. The van der Waals surface area contributed by atoms with E-state index in [1.165, 1.54) is 6.33 Å². The molecule has 0 aliphatic heterocycles. The third kappa shape index (κ3) is 3.30. The standard InChI is InChI=1S/C22H21N5O2/c23-21-20-19(26-22(16-9-17(28)10-16)27(20)25-13-24-21)15-7-4-8-18(11-15)29-12-14-5-2-1-3-6-14/h1-8,11,13,16-17,28H,9-10,12H2,(H2,23,24,25). The van der Waals surface area contributed by atoms with Gasteiger partial charge in [0, 0.05) is 11.5 Å². The molecule has 1 fully saturated rings. The normalized spacial score (nSPS) is 18.5. The monoisotopic (exact) mass is 387 g/mol. The lowest BCUT2D eigenvalue weighted by atomic mass is 9.82. The molecule has 0 radical (unpaired) electrons. The van der Waals surface area contributed by atoms with Gasteiger partial charge in [-0.1, -0.05) is 42.5 Å². The van der Waals surface area contributed by atoms with E-state index in [9.17, 15) is 5.11 Å². The van der Waals surface area contributed by atoms with Gasteiger partial charge in [0.05, 0.1) is 6.10 Å². The maximum absolute atomic E-state index is 9.71. The molecule has 2 heterocycles. The summed E-state index contributed by atoms with van der Waals surface area (Å²) in [6.45, 7) is 0.491. The molecule has 0 amide bonds. The molecular formula is C22H21N5O2. The Morgan fingerprint density at radius 3 is 2.72 bits per heavy atom. The first-order chi connectivity index (χ1) is 14.2. The fourth-order valence-corrected chi connectivity index (χ4v) is 3.72. The summed E-state index contributed by atoms with van der Waals surface area (Å²) in [5, 5.41) is 14.1. The molecule has 0 bridgehead atoms. The molecule has 0 spiro atoms. The number of nitrogens with zero attached hydrogens (tertiary/aromatic N) is 4. The molecule has 1 aliphatic carbocycles. The van der Waals surface area contributed by atoms with Gasteiger partial charge in [-0.15, -0.1) is 0 Å². The Hall–Kier alpha value is -3.45. The van der Waals surface area contributed by atoms with Crippen LogP contribution in [-0.4, -0.2) is 30.8 Å². The first-order valence-corrected chi connectivity index (χ1v) is 9.63. The number of fused-ring (bicyclic) bond motifs is 1. The zero-order chi connectivity index (χ0) is 19.8. The number of ether oxygens (including phenoxy) is 1. The van der Waals surface area contributed by atoms with E-state index in [0.717, 1.165) is 28.4 Å². The van der Waals surface area contributed by atoms with Crippen LogP contribution in [0, 0.1) is 0 Å². The number of nitrogen functional groups attached to an aromatic ring is 1. The second-order valence-electron chi connectivity index (χ2n) is 7.35. The van der Waals surface area contributed by atoms with Crippen LogP contribution in [0.15, 0.2) is 60.9 Å². The molecule has 7 heteroatoms. The molecule has 2 aromatic carbocycles. The van der Waals surface area contributed by atoms with E-state index in [1.807, 2.05) is 54.6 Å². The number of hydrogen-bond acceptors (Lipinski definition) is 6. The second-order valence-corrected chi connectivity index (χ2v) is 7.35. The van der Waals surface area contributed by atoms with Crippen molar-refractivity contribution in [2.75, 3.05) is 5.73 Å². The molecule has 1 aliphatic rings. The van der Waals surface area contributed by atoms with Gasteiger partial charge in [0.25, 0.3) is 0 Å². The molecule has 5 rings (SSSR count). The van der Waals surface area contributed by atoms with Gasteiger partial charge in [0.15, 0.2) is 5.82 Å². The highest BCUT2D eigenvalue weighted by Crippen LogP contribution is 2.39. The lowest BCUT2D eigenvalue weighted by Gasteiger charge is -2.29. The van der Waals surface area contributed by atoms with Crippen molar-refractivity contribution in [3.63, 3.8) is 0 Å². The van der Waals surface area contributed by atoms with Gasteiger partial charge in [-0.2, -0.15) is 5.10 Å². The highest BCUT2D eigenvalue weighted by atomic mass is 16.5. The largest absolute Gasteiger partial charge is 0.489 e. The maximum atomic E-state index is 9.71. The minimum atomic E-state index is -0.273. The number of hydrogen-bond donors (Lipinski definition) is 2. The van der Waals surface area contributed by atoms with Gasteiger partial charge in [-0.05, 0) is 30.5 Å². The topological polar surface area (TPSA) is 98.6 Å². The number of imidazole rings is 1. The van der Waals surface area contributed by atoms with E-state index >= 15 is 0 Å². The molecule has 2 aromatic heterocycles. The Morgan fingerprint density at radius 1 is 1.10 bits per heavy atom. The summed E-state index contributed by atoms with van der Waals surface area (Å²) in [5.74, 6) is 2.11. The van der Waals surface area contributed by atoms with Crippen LogP contribution < -0.4 is 10.5 Å². The number of aromatic nitrogens is 4. The summed E-state index contributed by atoms with van der Waals surface area (Å²) < 4.78 is 7.72. The van der Waals surface area contributed by atoms with Gasteiger partial charge in [-0.25, -0.2) is 14.5 Å². The van der Waals surface area contributed by atoms with Crippen LogP contribution in [0.25, 0.3) is 16.8 Å². The molecule has 146 valence electrons. The molecular weight excluding hydrogens is 366 g/mol. The Morgan fingerprint density at radius 2 is 1.93 bits per heavy atom. The molecule has 1 saturated carbocycles. The summed E-state index contributed by atoms with van der Waals surface area (Å²) in [6, 6.07) is 17.8. The number of anilines is 1. The fraction of sp³-hybridized carbons (Fsp3) is 0.227. The third-order valence-corrected chi connectivity index (χ3v) is 5.32. The zero-order valence-electron chi connectivity index (χ0n) is 15.8. The van der Waals surface area contributed by atoms with Gasteiger partial charge < -0.3 is 15.6 Å². The molecule has 0 saturated heterocycles. The Bertz CT molecular complexity index is 1150. The highest BCUT2D eigenvalue weighted by molar-refractivity contribution is 5.85.